The number of hydrogen-bond acceptors (Lipinski definition) is 4. The summed E-state index contributed by atoms with van der Waals surface area (Å²) in [6.07, 6.45) is 0.385. The van der Waals surface area contributed by atoms with Crippen LogP contribution in [-0.2, 0) is 26.2 Å². The maximum absolute atomic E-state index is 14.2. The van der Waals surface area contributed by atoms with E-state index in [1.54, 1.807) is 30.3 Å². The molecule has 0 spiro atoms. The van der Waals surface area contributed by atoms with Gasteiger partial charge in [-0.1, -0.05) is 80.4 Å². The van der Waals surface area contributed by atoms with Crippen molar-refractivity contribution in [3.8, 4) is 0 Å². The first-order valence-electron chi connectivity index (χ1n) is 14.1. The van der Waals surface area contributed by atoms with Gasteiger partial charge in [-0.15, -0.1) is 0 Å². The molecule has 0 fully saturated rings. The van der Waals surface area contributed by atoms with Crippen molar-refractivity contribution in [2.75, 3.05) is 17.4 Å². The molecular formula is C33H43N3O4S. The fraction of sp³-hybridized carbons (Fsp3) is 0.394. The Morgan fingerprint density at radius 3 is 2.10 bits per heavy atom. The van der Waals surface area contributed by atoms with Gasteiger partial charge in [-0.05, 0) is 74.9 Å². The predicted octanol–water partition coefficient (Wildman–Crippen LogP) is 5.70. The number of carbonyl (C=O) groups is 2. The first-order valence-corrected chi connectivity index (χ1v) is 15.6. The molecule has 0 aromatic heterocycles. The van der Waals surface area contributed by atoms with E-state index >= 15 is 0 Å². The van der Waals surface area contributed by atoms with E-state index in [2.05, 4.69) is 5.32 Å². The van der Waals surface area contributed by atoms with Crippen LogP contribution in [0.4, 0.5) is 5.69 Å². The lowest BCUT2D eigenvalue weighted by molar-refractivity contribution is -0.140. The van der Waals surface area contributed by atoms with Crippen LogP contribution in [0.1, 0.15) is 55.0 Å². The maximum atomic E-state index is 14.2. The molecule has 3 aromatic rings. The minimum atomic E-state index is -4.11. The van der Waals surface area contributed by atoms with E-state index in [0.29, 0.717) is 18.7 Å². The van der Waals surface area contributed by atoms with E-state index in [4.69, 9.17) is 0 Å². The molecule has 0 saturated carbocycles. The molecule has 220 valence electrons. The van der Waals surface area contributed by atoms with Gasteiger partial charge in [0, 0.05) is 13.1 Å². The number of carbonyl (C=O) groups excluding carboxylic acids is 2. The Morgan fingerprint density at radius 1 is 0.854 bits per heavy atom. The van der Waals surface area contributed by atoms with Crippen LogP contribution in [-0.4, -0.2) is 44.3 Å². The maximum Gasteiger partial charge on any atom is 0.264 e. The number of hydrogen-bond donors (Lipinski definition) is 1. The SMILES string of the molecule is CCC(C(=O)NCC(C)C)N(Cc1cccc(C)c1)C(=O)CN(c1cc(C)ccc1C)S(=O)(=O)c1ccc(C)cc1. The van der Waals surface area contributed by atoms with Gasteiger partial charge in [-0.2, -0.15) is 0 Å². The lowest BCUT2D eigenvalue weighted by Crippen LogP contribution is -2.52. The summed E-state index contributed by atoms with van der Waals surface area (Å²) in [5.74, 6) is -0.451. The molecule has 2 amide bonds. The fourth-order valence-corrected chi connectivity index (χ4v) is 6.16. The Balaban J connectivity index is 2.09. The van der Waals surface area contributed by atoms with Gasteiger partial charge < -0.3 is 10.2 Å². The van der Waals surface area contributed by atoms with Crippen molar-refractivity contribution in [3.05, 3.63) is 94.5 Å². The molecule has 1 atom stereocenters. The molecular weight excluding hydrogens is 534 g/mol. The van der Waals surface area contributed by atoms with Crippen LogP contribution in [0.2, 0.25) is 0 Å². The van der Waals surface area contributed by atoms with Gasteiger partial charge in [-0.25, -0.2) is 8.42 Å². The Bertz CT molecular complexity index is 1470. The van der Waals surface area contributed by atoms with Gasteiger partial charge in [0.2, 0.25) is 11.8 Å². The highest BCUT2D eigenvalue weighted by Crippen LogP contribution is 2.29. The number of anilines is 1. The van der Waals surface area contributed by atoms with Crippen LogP contribution < -0.4 is 9.62 Å². The molecule has 0 bridgehead atoms. The van der Waals surface area contributed by atoms with Gasteiger partial charge in [0.05, 0.1) is 10.6 Å². The summed E-state index contributed by atoms with van der Waals surface area (Å²) < 4.78 is 29.4. The second-order valence-corrected chi connectivity index (χ2v) is 13.1. The second-order valence-electron chi connectivity index (χ2n) is 11.2. The highest BCUT2D eigenvalue weighted by molar-refractivity contribution is 7.92. The fourth-order valence-electron chi connectivity index (χ4n) is 4.69. The molecule has 41 heavy (non-hydrogen) atoms. The molecule has 3 rings (SSSR count). The first kappa shape index (κ1) is 31.9. The third-order valence-electron chi connectivity index (χ3n) is 7.03. The molecule has 7 nitrogen and oxygen atoms in total. The molecule has 8 heteroatoms. The van der Waals surface area contributed by atoms with Crippen LogP contribution in [0.25, 0.3) is 0 Å². The summed E-state index contributed by atoms with van der Waals surface area (Å²) in [7, 11) is -4.11. The third-order valence-corrected chi connectivity index (χ3v) is 8.80. The predicted molar refractivity (Wildman–Crippen MR) is 165 cm³/mol. The molecule has 1 unspecified atom stereocenters. The molecule has 0 radical (unpaired) electrons. The number of benzene rings is 3. The molecule has 1 N–H and O–H groups in total. The Morgan fingerprint density at radius 2 is 1.49 bits per heavy atom. The quantitative estimate of drug-likeness (QED) is 0.299. The molecule has 3 aromatic carbocycles. The van der Waals surface area contributed by atoms with Crippen LogP contribution in [0.5, 0.6) is 0 Å². The summed E-state index contributed by atoms with van der Waals surface area (Å²) in [5, 5.41) is 2.96. The van der Waals surface area contributed by atoms with Crippen molar-refractivity contribution < 1.29 is 18.0 Å². The second kappa shape index (κ2) is 13.8. The third kappa shape index (κ3) is 8.19. The number of sulfonamides is 1. The number of nitrogens with one attached hydrogen (secondary N) is 1. The summed E-state index contributed by atoms with van der Waals surface area (Å²) in [4.78, 5) is 29.2. The van der Waals surface area contributed by atoms with Crippen molar-refractivity contribution in [2.45, 2.75) is 72.4 Å². The van der Waals surface area contributed by atoms with Crippen molar-refractivity contribution >= 4 is 27.5 Å². The van der Waals surface area contributed by atoms with E-state index < -0.39 is 28.5 Å². The molecule has 0 aliphatic heterocycles. The van der Waals surface area contributed by atoms with E-state index in [0.717, 1.165) is 27.8 Å². The van der Waals surface area contributed by atoms with Gasteiger partial charge >= 0.3 is 0 Å². The zero-order valence-corrected chi connectivity index (χ0v) is 26.1. The summed E-state index contributed by atoms with van der Waals surface area (Å²) in [5.41, 5.74) is 4.87. The van der Waals surface area contributed by atoms with Gasteiger partial charge in [0.15, 0.2) is 0 Å². The Kier molecular flexibility index (Phi) is 10.7. The molecule has 0 saturated heterocycles. The average molecular weight is 578 g/mol. The van der Waals surface area contributed by atoms with Crippen LogP contribution in [0.15, 0.2) is 71.6 Å². The van der Waals surface area contributed by atoms with Gasteiger partial charge in [0.1, 0.15) is 12.6 Å². The minimum Gasteiger partial charge on any atom is -0.354 e. The van der Waals surface area contributed by atoms with E-state index in [-0.39, 0.29) is 23.3 Å². The largest absolute Gasteiger partial charge is 0.354 e. The number of nitrogens with zero attached hydrogens (tertiary/aromatic N) is 2. The molecule has 0 heterocycles. The standard InChI is InChI=1S/C33H43N3O4S/c1-8-30(33(38)34-20-23(2)3)35(21-28-11-9-10-25(5)18-28)32(37)22-36(31-19-26(6)12-15-27(31)7)41(39,40)29-16-13-24(4)14-17-29/h9-19,23,30H,8,20-22H2,1-7H3,(H,34,38). The number of amides is 2. The zero-order chi connectivity index (χ0) is 30.3. The normalized spacial score (nSPS) is 12.2. The lowest BCUT2D eigenvalue weighted by Gasteiger charge is -2.34. The number of rotatable bonds is 12. The van der Waals surface area contributed by atoms with E-state index in [1.807, 2.05) is 84.9 Å². The van der Waals surface area contributed by atoms with Gasteiger partial charge in [0.25, 0.3) is 10.0 Å². The highest BCUT2D eigenvalue weighted by atomic mass is 32.2. The zero-order valence-electron chi connectivity index (χ0n) is 25.3. The van der Waals surface area contributed by atoms with Crippen molar-refractivity contribution in [1.82, 2.24) is 10.2 Å². The summed E-state index contributed by atoms with van der Waals surface area (Å²) >= 11 is 0. The van der Waals surface area contributed by atoms with Crippen LogP contribution in [0.3, 0.4) is 0 Å². The Hall–Kier alpha value is -3.65. The van der Waals surface area contributed by atoms with Crippen molar-refractivity contribution in [3.63, 3.8) is 0 Å². The minimum absolute atomic E-state index is 0.101. The molecule has 0 aliphatic rings. The first-order chi connectivity index (χ1) is 19.3. The topological polar surface area (TPSA) is 86.8 Å². The lowest BCUT2D eigenvalue weighted by atomic mass is 10.1. The van der Waals surface area contributed by atoms with Crippen molar-refractivity contribution in [2.24, 2.45) is 5.92 Å². The highest BCUT2D eigenvalue weighted by Gasteiger charge is 2.34. The smallest absolute Gasteiger partial charge is 0.264 e. The van der Waals surface area contributed by atoms with Crippen LogP contribution >= 0.6 is 0 Å². The summed E-state index contributed by atoms with van der Waals surface area (Å²) in [6, 6.07) is 19.2. The Labute approximate surface area is 245 Å². The summed E-state index contributed by atoms with van der Waals surface area (Å²) in [6.45, 7) is 13.7. The monoisotopic (exact) mass is 577 g/mol. The van der Waals surface area contributed by atoms with E-state index in [9.17, 15) is 18.0 Å². The van der Waals surface area contributed by atoms with Gasteiger partial charge in [-0.3, -0.25) is 13.9 Å². The van der Waals surface area contributed by atoms with E-state index in [1.165, 1.54) is 9.21 Å². The molecule has 0 aliphatic carbocycles. The van der Waals surface area contributed by atoms with Crippen LogP contribution in [0, 0.1) is 33.6 Å². The number of aryl methyl sites for hydroxylation is 4. The average Bonchev–Trinajstić information content (AvgIpc) is 2.92. The van der Waals surface area contributed by atoms with Crippen molar-refractivity contribution in [1.29, 1.82) is 0 Å².